The van der Waals surface area contributed by atoms with Crippen molar-refractivity contribution < 1.29 is 17.9 Å². The lowest BCUT2D eigenvalue weighted by Crippen LogP contribution is -2.31. The lowest BCUT2D eigenvalue weighted by atomic mass is 9.96. The van der Waals surface area contributed by atoms with Gasteiger partial charge in [0.15, 0.2) is 6.61 Å². The molecule has 34 heavy (non-hydrogen) atoms. The maximum absolute atomic E-state index is 12.5. The quantitative estimate of drug-likeness (QED) is 0.451. The molecule has 3 aromatic rings. The van der Waals surface area contributed by atoms with E-state index in [1.54, 1.807) is 12.1 Å². The molecule has 0 heterocycles. The van der Waals surface area contributed by atoms with E-state index in [0.717, 1.165) is 16.7 Å². The monoisotopic (exact) mass is 480 g/mol. The fourth-order valence-electron chi connectivity index (χ4n) is 3.73. The van der Waals surface area contributed by atoms with Crippen LogP contribution in [0.2, 0.25) is 0 Å². The fraction of sp³-hybridized carbons (Fsp3) is 0.296. The average molecular weight is 481 g/mol. The number of amides is 1. The highest BCUT2D eigenvalue weighted by Gasteiger charge is 2.15. The number of rotatable bonds is 10. The molecule has 0 saturated heterocycles. The van der Waals surface area contributed by atoms with Gasteiger partial charge in [0.25, 0.3) is 5.91 Å². The zero-order valence-electron chi connectivity index (χ0n) is 20.1. The molecule has 1 amide bonds. The molecule has 1 atom stereocenters. The Kier molecular flexibility index (Phi) is 8.47. The van der Waals surface area contributed by atoms with Crippen LogP contribution in [0.3, 0.4) is 0 Å². The van der Waals surface area contributed by atoms with E-state index < -0.39 is 10.0 Å². The van der Waals surface area contributed by atoms with Crippen LogP contribution in [0.4, 0.5) is 0 Å². The van der Waals surface area contributed by atoms with Gasteiger partial charge in [0.05, 0.1) is 10.9 Å². The predicted molar refractivity (Wildman–Crippen MR) is 134 cm³/mol. The SMILES string of the molecule is Cc1cc(C)c([C@H](C)NC(=O)COc2ccc(S(=O)(=O)NCCc3ccccc3)cc2)cc1C. The number of carbonyl (C=O) groups is 1. The van der Waals surface area contributed by atoms with E-state index in [1.807, 2.05) is 44.2 Å². The number of sulfonamides is 1. The first-order chi connectivity index (χ1) is 16.2. The number of hydrogen-bond donors (Lipinski definition) is 2. The van der Waals surface area contributed by atoms with Crippen LogP contribution in [0.25, 0.3) is 0 Å². The summed E-state index contributed by atoms with van der Waals surface area (Å²) in [7, 11) is -3.62. The Morgan fingerprint density at radius 1 is 0.912 bits per heavy atom. The molecule has 3 rings (SSSR count). The van der Waals surface area contributed by atoms with E-state index in [0.29, 0.717) is 18.7 Å². The van der Waals surface area contributed by atoms with Crippen molar-refractivity contribution in [3.63, 3.8) is 0 Å². The molecular formula is C27H32N2O4S. The molecule has 0 bridgehead atoms. The van der Waals surface area contributed by atoms with Crippen LogP contribution in [-0.4, -0.2) is 27.5 Å². The van der Waals surface area contributed by atoms with Crippen molar-refractivity contribution in [2.45, 2.75) is 45.1 Å². The van der Waals surface area contributed by atoms with Gasteiger partial charge in [-0.1, -0.05) is 42.5 Å². The lowest BCUT2D eigenvalue weighted by Gasteiger charge is -2.18. The molecule has 0 aromatic heterocycles. The third-order valence-electron chi connectivity index (χ3n) is 5.78. The van der Waals surface area contributed by atoms with E-state index in [-0.39, 0.29) is 23.5 Å². The first-order valence-electron chi connectivity index (χ1n) is 11.3. The molecular weight excluding hydrogens is 448 g/mol. The number of benzene rings is 3. The summed E-state index contributed by atoms with van der Waals surface area (Å²) in [4.78, 5) is 12.5. The van der Waals surface area contributed by atoms with Crippen molar-refractivity contribution in [2.75, 3.05) is 13.2 Å². The second-order valence-corrected chi connectivity index (χ2v) is 10.2. The van der Waals surface area contributed by atoms with Gasteiger partial charge in [-0.05, 0) is 86.2 Å². The zero-order valence-corrected chi connectivity index (χ0v) is 20.9. The zero-order chi connectivity index (χ0) is 24.7. The fourth-order valence-corrected chi connectivity index (χ4v) is 4.76. The minimum Gasteiger partial charge on any atom is -0.484 e. The molecule has 0 spiro atoms. The van der Waals surface area contributed by atoms with Gasteiger partial charge in [0.1, 0.15) is 5.75 Å². The first-order valence-corrected chi connectivity index (χ1v) is 12.8. The second kappa shape index (κ2) is 11.3. The maximum atomic E-state index is 12.5. The van der Waals surface area contributed by atoms with Crippen molar-refractivity contribution >= 4 is 15.9 Å². The van der Waals surface area contributed by atoms with Crippen LogP contribution in [-0.2, 0) is 21.2 Å². The van der Waals surface area contributed by atoms with Gasteiger partial charge < -0.3 is 10.1 Å². The number of carbonyl (C=O) groups excluding carboxylic acids is 1. The Balaban J connectivity index is 1.50. The summed E-state index contributed by atoms with van der Waals surface area (Å²) in [6, 6.07) is 19.8. The lowest BCUT2D eigenvalue weighted by molar-refractivity contribution is -0.123. The Bertz CT molecular complexity index is 1220. The third kappa shape index (κ3) is 6.92. The van der Waals surface area contributed by atoms with Crippen LogP contribution in [0.15, 0.2) is 71.6 Å². The molecule has 0 aliphatic carbocycles. The van der Waals surface area contributed by atoms with Crippen LogP contribution in [0.5, 0.6) is 5.75 Å². The molecule has 0 radical (unpaired) electrons. The minimum atomic E-state index is -3.62. The van der Waals surface area contributed by atoms with E-state index in [4.69, 9.17) is 4.74 Å². The molecule has 0 fully saturated rings. The first kappa shape index (κ1) is 25.5. The van der Waals surface area contributed by atoms with Gasteiger partial charge >= 0.3 is 0 Å². The third-order valence-corrected chi connectivity index (χ3v) is 7.26. The second-order valence-electron chi connectivity index (χ2n) is 8.48. The molecule has 7 heteroatoms. The summed E-state index contributed by atoms with van der Waals surface area (Å²) in [6.07, 6.45) is 0.608. The van der Waals surface area contributed by atoms with Crippen molar-refractivity contribution in [1.29, 1.82) is 0 Å². The van der Waals surface area contributed by atoms with Crippen LogP contribution in [0, 0.1) is 20.8 Å². The number of hydrogen-bond acceptors (Lipinski definition) is 4. The minimum absolute atomic E-state index is 0.148. The maximum Gasteiger partial charge on any atom is 0.258 e. The van der Waals surface area contributed by atoms with Crippen molar-refractivity contribution in [2.24, 2.45) is 0 Å². The molecule has 0 aliphatic heterocycles. The Morgan fingerprint density at radius 2 is 1.56 bits per heavy atom. The van der Waals surface area contributed by atoms with Crippen molar-refractivity contribution in [1.82, 2.24) is 10.0 Å². The Morgan fingerprint density at radius 3 is 2.24 bits per heavy atom. The smallest absolute Gasteiger partial charge is 0.258 e. The molecule has 0 aliphatic rings. The largest absolute Gasteiger partial charge is 0.484 e. The summed E-state index contributed by atoms with van der Waals surface area (Å²) in [5.74, 6) is 0.179. The molecule has 0 unspecified atom stereocenters. The van der Waals surface area contributed by atoms with E-state index >= 15 is 0 Å². The van der Waals surface area contributed by atoms with Crippen LogP contribution in [0.1, 0.15) is 40.8 Å². The highest BCUT2D eigenvalue weighted by atomic mass is 32.2. The average Bonchev–Trinajstić information content (AvgIpc) is 2.81. The molecule has 0 saturated carbocycles. The summed E-state index contributed by atoms with van der Waals surface area (Å²) in [6.45, 7) is 8.25. The van der Waals surface area contributed by atoms with Crippen LogP contribution >= 0.6 is 0 Å². The molecule has 6 nitrogen and oxygen atoms in total. The van der Waals surface area contributed by atoms with E-state index in [9.17, 15) is 13.2 Å². The Hall–Kier alpha value is -3.16. The standard InChI is InChI=1S/C27H32N2O4S/c1-19-16-21(3)26(17-20(19)2)22(4)29-27(30)18-33-24-10-12-25(13-11-24)34(31,32)28-15-14-23-8-6-5-7-9-23/h5-13,16-17,22,28H,14-15,18H2,1-4H3,(H,29,30)/t22-/m0/s1. The number of ether oxygens (including phenoxy) is 1. The van der Waals surface area contributed by atoms with E-state index in [2.05, 4.69) is 36.0 Å². The van der Waals surface area contributed by atoms with Crippen molar-refractivity contribution in [3.8, 4) is 5.75 Å². The normalized spacial score (nSPS) is 12.2. The predicted octanol–water partition coefficient (Wildman–Crippen LogP) is 4.39. The molecule has 3 aromatic carbocycles. The summed E-state index contributed by atoms with van der Waals surface area (Å²) in [5, 5.41) is 2.96. The van der Waals surface area contributed by atoms with Crippen molar-refractivity contribution in [3.05, 3.63) is 94.5 Å². The van der Waals surface area contributed by atoms with Gasteiger partial charge in [-0.3, -0.25) is 4.79 Å². The van der Waals surface area contributed by atoms with E-state index in [1.165, 1.54) is 23.3 Å². The van der Waals surface area contributed by atoms with Gasteiger partial charge in [-0.25, -0.2) is 13.1 Å². The molecule has 2 N–H and O–H groups in total. The van der Waals surface area contributed by atoms with Crippen LogP contribution < -0.4 is 14.8 Å². The Labute approximate surface area is 202 Å². The molecule has 180 valence electrons. The van der Waals surface area contributed by atoms with Gasteiger partial charge in [-0.2, -0.15) is 0 Å². The van der Waals surface area contributed by atoms with Gasteiger partial charge in [0, 0.05) is 6.54 Å². The summed E-state index contributed by atoms with van der Waals surface area (Å²) >= 11 is 0. The van der Waals surface area contributed by atoms with Gasteiger partial charge in [0.2, 0.25) is 10.0 Å². The topological polar surface area (TPSA) is 84.5 Å². The summed E-state index contributed by atoms with van der Waals surface area (Å²) in [5.41, 5.74) is 5.67. The number of nitrogens with one attached hydrogen (secondary N) is 2. The highest BCUT2D eigenvalue weighted by molar-refractivity contribution is 7.89. The summed E-state index contributed by atoms with van der Waals surface area (Å²) < 4.78 is 33.2. The highest BCUT2D eigenvalue weighted by Crippen LogP contribution is 2.22. The van der Waals surface area contributed by atoms with Gasteiger partial charge in [-0.15, -0.1) is 0 Å². The number of aryl methyl sites for hydroxylation is 3.